The van der Waals surface area contributed by atoms with E-state index < -0.39 is 32.2 Å². The van der Waals surface area contributed by atoms with Gasteiger partial charge in [0.1, 0.15) is 0 Å². The fourth-order valence-electron chi connectivity index (χ4n) is 3.39. The molecule has 9 nitrogen and oxygen atoms in total. The molecule has 0 spiro atoms. The van der Waals surface area contributed by atoms with Gasteiger partial charge in [-0.25, -0.2) is 21.6 Å². The van der Waals surface area contributed by atoms with Crippen LogP contribution in [0.15, 0.2) is 47.4 Å². The molecular formula is C23H29ClF3N3O6S2. The molecule has 1 aliphatic heterocycles. The largest absolute Gasteiger partial charge is 0.490 e. The van der Waals surface area contributed by atoms with Gasteiger partial charge in [-0.2, -0.15) is 21.8 Å². The van der Waals surface area contributed by atoms with Crippen LogP contribution in [0.1, 0.15) is 16.7 Å². The van der Waals surface area contributed by atoms with Crippen LogP contribution in [0.4, 0.5) is 13.2 Å². The molecule has 2 aromatic rings. The first-order valence-electron chi connectivity index (χ1n) is 11.3. The molecule has 0 atom stereocenters. The number of aliphatic carboxylic acids is 1. The highest BCUT2D eigenvalue weighted by Gasteiger charge is 2.38. The summed E-state index contributed by atoms with van der Waals surface area (Å²) in [6.07, 6.45) is -5.08. The van der Waals surface area contributed by atoms with E-state index in [1.165, 1.54) is 8.61 Å². The van der Waals surface area contributed by atoms with Crippen molar-refractivity contribution in [2.24, 2.45) is 0 Å². The molecule has 0 amide bonds. The number of nitrogens with zero attached hydrogens (tertiary/aromatic N) is 2. The first kappa shape index (κ1) is 32.0. The summed E-state index contributed by atoms with van der Waals surface area (Å²) in [7, 11) is -7.51. The van der Waals surface area contributed by atoms with E-state index in [4.69, 9.17) is 21.5 Å². The van der Waals surface area contributed by atoms with Gasteiger partial charge in [-0.15, -0.1) is 0 Å². The van der Waals surface area contributed by atoms with E-state index >= 15 is 0 Å². The minimum Gasteiger partial charge on any atom is -0.475 e. The number of sulfonamides is 2. The maximum Gasteiger partial charge on any atom is 0.490 e. The molecule has 0 aromatic heterocycles. The van der Waals surface area contributed by atoms with Gasteiger partial charge in [0.25, 0.3) is 0 Å². The van der Waals surface area contributed by atoms with E-state index in [1.807, 2.05) is 13.8 Å². The molecule has 2 N–H and O–H groups in total. The van der Waals surface area contributed by atoms with Crippen molar-refractivity contribution in [2.45, 2.75) is 31.5 Å². The van der Waals surface area contributed by atoms with Crippen molar-refractivity contribution in [1.82, 2.24) is 13.9 Å². The quantitative estimate of drug-likeness (QED) is 0.478. The molecule has 3 rings (SSSR count). The average molecular weight is 600 g/mol. The highest BCUT2D eigenvalue weighted by molar-refractivity contribution is 7.90. The number of carboxylic acids is 1. The van der Waals surface area contributed by atoms with Crippen molar-refractivity contribution >= 4 is 37.6 Å². The number of aryl methyl sites for hydroxylation is 2. The highest BCUT2D eigenvalue weighted by Crippen LogP contribution is 2.24. The predicted molar refractivity (Wildman–Crippen MR) is 137 cm³/mol. The van der Waals surface area contributed by atoms with Gasteiger partial charge in [0, 0.05) is 44.3 Å². The van der Waals surface area contributed by atoms with Crippen LogP contribution in [0.2, 0.25) is 5.02 Å². The van der Waals surface area contributed by atoms with Crippen LogP contribution < -0.4 is 5.32 Å². The Bertz CT molecular complexity index is 1330. The zero-order valence-corrected chi connectivity index (χ0v) is 23.1. The predicted octanol–water partition coefficient (Wildman–Crippen LogP) is 3.02. The van der Waals surface area contributed by atoms with E-state index in [0.717, 1.165) is 11.1 Å². The third-order valence-electron chi connectivity index (χ3n) is 5.73. The summed E-state index contributed by atoms with van der Waals surface area (Å²) in [4.78, 5) is 9.04. The first-order chi connectivity index (χ1) is 17.6. The second-order valence-corrected chi connectivity index (χ2v) is 12.9. The van der Waals surface area contributed by atoms with E-state index in [2.05, 4.69) is 5.32 Å². The molecule has 0 bridgehead atoms. The van der Waals surface area contributed by atoms with Gasteiger partial charge in [-0.3, -0.25) is 0 Å². The smallest absolute Gasteiger partial charge is 0.475 e. The number of piperazine rings is 1. The van der Waals surface area contributed by atoms with Crippen LogP contribution in [0.5, 0.6) is 0 Å². The van der Waals surface area contributed by atoms with Crippen LogP contribution in [0.25, 0.3) is 0 Å². The summed E-state index contributed by atoms with van der Waals surface area (Å²) in [5, 5.41) is 10.7. The zero-order valence-electron chi connectivity index (χ0n) is 20.7. The van der Waals surface area contributed by atoms with E-state index in [9.17, 15) is 30.0 Å². The minimum atomic E-state index is -5.08. The molecule has 0 unspecified atom stereocenters. The Hall–Kier alpha value is -2.23. The standard InChI is InChI=1S/C21H28ClN3O4S2.C2HF3O2/c1-17-7-8-20(15-18(17)2)31(28,29)25(16-19-5-3-4-6-21(19)22)13-14-30(26,27)24-11-9-23-10-12-24;3-2(4,5)1(6)7/h3-8,15,23H,9-14,16H2,1-2H3;(H,6,7). The van der Waals surface area contributed by atoms with Crippen molar-refractivity contribution in [3.63, 3.8) is 0 Å². The molecule has 1 heterocycles. The van der Waals surface area contributed by atoms with Crippen LogP contribution in [-0.2, 0) is 31.4 Å². The van der Waals surface area contributed by atoms with Gasteiger partial charge < -0.3 is 10.4 Å². The van der Waals surface area contributed by atoms with Gasteiger partial charge in [0.05, 0.1) is 10.6 Å². The number of nitrogens with one attached hydrogen (secondary N) is 1. The molecular weight excluding hydrogens is 571 g/mol. The Morgan fingerprint density at radius 3 is 2.16 bits per heavy atom. The topological polar surface area (TPSA) is 124 Å². The molecule has 0 aliphatic carbocycles. The lowest BCUT2D eigenvalue weighted by Crippen LogP contribution is -2.48. The molecule has 38 heavy (non-hydrogen) atoms. The van der Waals surface area contributed by atoms with Crippen LogP contribution >= 0.6 is 11.6 Å². The summed E-state index contributed by atoms with van der Waals surface area (Å²) in [5.41, 5.74) is 2.46. The third kappa shape index (κ3) is 8.92. The average Bonchev–Trinajstić information content (AvgIpc) is 2.84. The number of halogens is 4. The number of alkyl halides is 3. The Labute approximate surface area is 225 Å². The maximum absolute atomic E-state index is 13.5. The number of hydrogen-bond donors (Lipinski definition) is 2. The Balaban J connectivity index is 0.000000638. The third-order valence-corrected chi connectivity index (χ3v) is 9.79. The fraction of sp³-hybridized carbons (Fsp3) is 0.435. The second-order valence-electron chi connectivity index (χ2n) is 8.44. The van der Waals surface area contributed by atoms with Crippen molar-refractivity contribution in [1.29, 1.82) is 0 Å². The number of carboxylic acid groups (broad SMARTS) is 1. The molecule has 2 aromatic carbocycles. The molecule has 1 fully saturated rings. The lowest BCUT2D eigenvalue weighted by atomic mass is 10.1. The summed E-state index contributed by atoms with van der Waals surface area (Å²) >= 11 is 6.27. The summed E-state index contributed by atoms with van der Waals surface area (Å²) < 4.78 is 86.9. The SMILES string of the molecule is Cc1ccc(S(=O)(=O)N(CCS(=O)(=O)N2CCNCC2)Cc2ccccc2Cl)cc1C.O=C(O)C(F)(F)F. The number of benzene rings is 2. The van der Waals surface area contributed by atoms with Crippen molar-refractivity contribution in [3.05, 3.63) is 64.2 Å². The van der Waals surface area contributed by atoms with E-state index in [0.29, 0.717) is 36.8 Å². The molecule has 0 saturated carbocycles. The van der Waals surface area contributed by atoms with Gasteiger partial charge in [-0.1, -0.05) is 35.9 Å². The first-order valence-corrected chi connectivity index (χ1v) is 14.8. The summed E-state index contributed by atoms with van der Waals surface area (Å²) in [6, 6.07) is 11.9. The van der Waals surface area contributed by atoms with Crippen LogP contribution in [0, 0.1) is 13.8 Å². The number of hydrogen-bond acceptors (Lipinski definition) is 6. The zero-order chi connectivity index (χ0) is 28.7. The van der Waals surface area contributed by atoms with Gasteiger partial charge in [0.2, 0.25) is 20.0 Å². The van der Waals surface area contributed by atoms with Gasteiger partial charge in [0.15, 0.2) is 0 Å². The van der Waals surface area contributed by atoms with E-state index in [-0.39, 0.29) is 23.7 Å². The van der Waals surface area contributed by atoms with Gasteiger partial charge >= 0.3 is 12.1 Å². The number of rotatable bonds is 8. The van der Waals surface area contributed by atoms with E-state index in [1.54, 1.807) is 42.5 Å². The van der Waals surface area contributed by atoms with Crippen molar-refractivity contribution in [2.75, 3.05) is 38.5 Å². The van der Waals surface area contributed by atoms with Crippen LogP contribution in [0.3, 0.4) is 0 Å². The lowest BCUT2D eigenvalue weighted by molar-refractivity contribution is -0.192. The normalized spacial score (nSPS) is 15.1. The molecule has 0 radical (unpaired) electrons. The molecule has 1 aliphatic rings. The highest BCUT2D eigenvalue weighted by atomic mass is 35.5. The molecule has 212 valence electrons. The Morgan fingerprint density at radius 2 is 1.63 bits per heavy atom. The maximum atomic E-state index is 13.5. The molecule has 15 heteroatoms. The van der Waals surface area contributed by atoms with Crippen LogP contribution in [-0.4, -0.2) is 81.2 Å². The van der Waals surface area contributed by atoms with Gasteiger partial charge in [-0.05, 0) is 48.7 Å². The molecule has 1 saturated heterocycles. The lowest BCUT2D eigenvalue weighted by Gasteiger charge is -2.28. The monoisotopic (exact) mass is 599 g/mol. The van der Waals surface area contributed by atoms with Crippen molar-refractivity contribution < 1.29 is 39.9 Å². The summed E-state index contributed by atoms with van der Waals surface area (Å²) in [6.45, 7) is 5.54. The Kier molecular flexibility index (Phi) is 11.1. The Morgan fingerprint density at radius 1 is 1.05 bits per heavy atom. The van der Waals surface area contributed by atoms with Crippen molar-refractivity contribution in [3.8, 4) is 0 Å². The number of carbonyl (C=O) groups is 1. The minimum absolute atomic E-state index is 0.00793. The second kappa shape index (κ2) is 13.2. The summed E-state index contributed by atoms with van der Waals surface area (Å²) in [5.74, 6) is -3.05. The fourth-order valence-corrected chi connectivity index (χ4v) is 6.66.